The Morgan fingerprint density at radius 3 is 3.12 bits per heavy atom. The van der Waals surface area contributed by atoms with E-state index in [1.54, 1.807) is 25.3 Å². The van der Waals surface area contributed by atoms with E-state index in [1.807, 2.05) is 0 Å². The predicted octanol–water partition coefficient (Wildman–Crippen LogP) is 2.09. The van der Waals surface area contributed by atoms with E-state index < -0.39 is 0 Å². The summed E-state index contributed by atoms with van der Waals surface area (Å²) in [6.07, 6.45) is 2.56. The zero-order valence-electron chi connectivity index (χ0n) is 9.80. The van der Waals surface area contributed by atoms with Crippen LogP contribution in [0.5, 0.6) is 0 Å². The lowest BCUT2D eigenvalue weighted by atomic mass is 10.3. The molecule has 0 radical (unpaired) electrons. The second kappa shape index (κ2) is 7.32. The first-order valence-electron chi connectivity index (χ1n) is 5.47. The highest BCUT2D eigenvalue weighted by Gasteiger charge is 2.00. The highest BCUT2D eigenvalue weighted by atomic mass is 16.5. The molecule has 0 bridgehead atoms. The Balaban J connectivity index is 2.27. The molecular formula is C11H16N4O2. The molecule has 0 aliphatic heterocycles. The van der Waals surface area contributed by atoms with Gasteiger partial charge in [0.15, 0.2) is 5.82 Å². The largest absolute Gasteiger partial charge is 0.466 e. The second-order valence-corrected chi connectivity index (χ2v) is 3.28. The van der Waals surface area contributed by atoms with Crippen molar-refractivity contribution in [3.63, 3.8) is 0 Å². The van der Waals surface area contributed by atoms with Gasteiger partial charge in [0, 0.05) is 12.6 Å². The molecule has 6 heteroatoms. The Kier molecular flexibility index (Phi) is 5.63. The van der Waals surface area contributed by atoms with Gasteiger partial charge in [-0.1, -0.05) is 0 Å². The summed E-state index contributed by atoms with van der Waals surface area (Å²) in [6, 6.07) is 3.47. The minimum atomic E-state index is -0.205. The first-order valence-corrected chi connectivity index (χ1v) is 5.47. The summed E-state index contributed by atoms with van der Waals surface area (Å²) in [4.78, 5) is 14.9. The maximum Gasteiger partial charge on any atom is 0.305 e. The SMILES string of the molecule is CCOC(=O)CCCN=Nc1cccnc1N. The van der Waals surface area contributed by atoms with Crippen LogP contribution in [0.2, 0.25) is 0 Å². The van der Waals surface area contributed by atoms with E-state index >= 15 is 0 Å². The molecule has 0 atom stereocenters. The van der Waals surface area contributed by atoms with Gasteiger partial charge in [0.05, 0.1) is 13.2 Å². The first-order chi connectivity index (χ1) is 8.24. The quantitative estimate of drug-likeness (QED) is 0.465. The molecule has 1 heterocycles. The Hall–Kier alpha value is -1.98. The lowest BCUT2D eigenvalue weighted by Gasteiger charge is -1.99. The molecule has 1 aromatic heterocycles. The number of nitrogens with two attached hydrogens (primary N) is 1. The average Bonchev–Trinajstić information content (AvgIpc) is 2.31. The van der Waals surface area contributed by atoms with E-state index in [0.717, 1.165) is 0 Å². The number of nitrogen functional groups attached to an aromatic ring is 1. The number of carbonyl (C=O) groups is 1. The van der Waals surface area contributed by atoms with E-state index in [-0.39, 0.29) is 5.97 Å². The third-order valence-corrected chi connectivity index (χ3v) is 1.94. The number of esters is 1. The molecule has 0 spiro atoms. The van der Waals surface area contributed by atoms with Crippen LogP contribution in [-0.4, -0.2) is 24.1 Å². The molecule has 0 aliphatic rings. The monoisotopic (exact) mass is 236 g/mol. The van der Waals surface area contributed by atoms with Gasteiger partial charge in [-0.25, -0.2) is 4.98 Å². The molecule has 0 saturated carbocycles. The van der Waals surface area contributed by atoms with Crippen molar-refractivity contribution >= 4 is 17.5 Å². The maximum absolute atomic E-state index is 11.0. The highest BCUT2D eigenvalue weighted by molar-refractivity contribution is 5.69. The molecule has 0 aliphatic carbocycles. The van der Waals surface area contributed by atoms with Crippen LogP contribution in [0.4, 0.5) is 11.5 Å². The van der Waals surface area contributed by atoms with Crippen LogP contribution < -0.4 is 5.73 Å². The number of ether oxygens (including phenoxy) is 1. The van der Waals surface area contributed by atoms with E-state index in [1.165, 1.54) is 0 Å². The van der Waals surface area contributed by atoms with Crippen molar-refractivity contribution in [3.05, 3.63) is 18.3 Å². The van der Waals surface area contributed by atoms with Gasteiger partial charge in [-0.05, 0) is 25.5 Å². The fraction of sp³-hybridized carbons (Fsp3) is 0.455. The van der Waals surface area contributed by atoms with Crippen LogP contribution >= 0.6 is 0 Å². The maximum atomic E-state index is 11.0. The molecule has 1 aromatic rings. The molecule has 2 N–H and O–H groups in total. The molecule has 0 fully saturated rings. The molecular weight excluding hydrogens is 220 g/mol. The van der Waals surface area contributed by atoms with E-state index in [2.05, 4.69) is 15.2 Å². The van der Waals surface area contributed by atoms with Gasteiger partial charge in [-0.15, -0.1) is 0 Å². The second-order valence-electron chi connectivity index (χ2n) is 3.28. The van der Waals surface area contributed by atoms with Crippen molar-refractivity contribution in [3.8, 4) is 0 Å². The smallest absolute Gasteiger partial charge is 0.305 e. The number of aromatic nitrogens is 1. The number of carbonyl (C=O) groups excluding carboxylic acids is 1. The number of azo groups is 1. The summed E-state index contributed by atoms with van der Waals surface area (Å²) in [5, 5.41) is 7.87. The number of rotatable bonds is 6. The summed E-state index contributed by atoms with van der Waals surface area (Å²) in [5.74, 6) is 0.144. The summed E-state index contributed by atoms with van der Waals surface area (Å²) >= 11 is 0. The van der Waals surface area contributed by atoms with Crippen molar-refractivity contribution < 1.29 is 9.53 Å². The van der Waals surface area contributed by atoms with Crippen molar-refractivity contribution in [1.29, 1.82) is 0 Å². The first kappa shape index (κ1) is 13.1. The van der Waals surface area contributed by atoms with Crippen LogP contribution in [-0.2, 0) is 9.53 Å². The molecule has 6 nitrogen and oxygen atoms in total. The van der Waals surface area contributed by atoms with E-state index in [4.69, 9.17) is 10.5 Å². The van der Waals surface area contributed by atoms with Gasteiger partial charge in [-0.2, -0.15) is 10.2 Å². The standard InChI is InChI=1S/C11H16N4O2/c1-2-17-10(16)6-4-8-14-15-9-5-3-7-13-11(9)12/h3,5,7H,2,4,6,8H2,1H3,(H2,12,13). The van der Waals surface area contributed by atoms with Crippen LogP contribution in [0.25, 0.3) is 0 Å². The highest BCUT2D eigenvalue weighted by Crippen LogP contribution is 2.17. The lowest BCUT2D eigenvalue weighted by molar-refractivity contribution is -0.143. The lowest BCUT2D eigenvalue weighted by Crippen LogP contribution is -2.03. The van der Waals surface area contributed by atoms with Crippen molar-refractivity contribution in [2.75, 3.05) is 18.9 Å². The number of hydrogen-bond donors (Lipinski definition) is 1. The summed E-state index contributed by atoms with van der Waals surface area (Å²) in [6.45, 7) is 2.66. The third-order valence-electron chi connectivity index (χ3n) is 1.94. The topological polar surface area (TPSA) is 89.9 Å². The Morgan fingerprint density at radius 1 is 1.59 bits per heavy atom. The molecule has 92 valence electrons. The summed E-state index contributed by atoms with van der Waals surface area (Å²) in [5.41, 5.74) is 6.13. The molecule has 0 unspecified atom stereocenters. The van der Waals surface area contributed by atoms with Crippen LogP contribution in [0.15, 0.2) is 28.6 Å². The van der Waals surface area contributed by atoms with Gasteiger partial charge in [-0.3, -0.25) is 4.79 Å². The number of hydrogen-bond acceptors (Lipinski definition) is 6. The minimum Gasteiger partial charge on any atom is -0.466 e. The van der Waals surface area contributed by atoms with Gasteiger partial charge in [0.25, 0.3) is 0 Å². The van der Waals surface area contributed by atoms with Crippen LogP contribution in [0.1, 0.15) is 19.8 Å². The Bertz CT molecular complexity index is 393. The molecule has 0 saturated heterocycles. The molecule has 0 aromatic carbocycles. The summed E-state index contributed by atoms with van der Waals surface area (Å²) < 4.78 is 4.78. The number of anilines is 1. The van der Waals surface area contributed by atoms with Crippen molar-refractivity contribution in [2.24, 2.45) is 10.2 Å². The average molecular weight is 236 g/mol. The molecule has 1 rings (SSSR count). The van der Waals surface area contributed by atoms with Crippen LogP contribution in [0, 0.1) is 0 Å². The van der Waals surface area contributed by atoms with E-state index in [9.17, 15) is 4.79 Å². The van der Waals surface area contributed by atoms with Gasteiger partial charge >= 0.3 is 5.97 Å². The van der Waals surface area contributed by atoms with Gasteiger partial charge < -0.3 is 10.5 Å². The number of nitrogens with zero attached hydrogens (tertiary/aromatic N) is 3. The van der Waals surface area contributed by atoms with Gasteiger partial charge in [0.1, 0.15) is 5.69 Å². The van der Waals surface area contributed by atoms with Gasteiger partial charge in [0.2, 0.25) is 0 Å². The zero-order valence-corrected chi connectivity index (χ0v) is 9.80. The van der Waals surface area contributed by atoms with E-state index in [0.29, 0.717) is 37.5 Å². The zero-order chi connectivity index (χ0) is 12.5. The summed E-state index contributed by atoms with van der Waals surface area (Å²) in [7, 11) is 0. The fourth-order valence-electron chi connectivity index (χ4n) is 1.15. The fourth-order valence-corrected chi connectivity index (χ4v) is 1.15. The van der Waals surface area contributed by atoms with Crippen molar-refractivity contribution in [2.45, 2.75) is 19.8 Å². The Morgan fingerprint density at radius 2 is 2.41 bits per heavy atom. The molecule has 17 heavy (non-hydrogen) atoms. The van der Waals surface area contributed by atoms with Crippen molar-refractivity contribution in [1.82, 2.24) is 4.98 Å². The normalized spacial score (nSPS) is 10.6. The third kappa shape index (κ3) is 5.05. The predicted molar refractivity (Wildman–Crippen MR) is 63.9 cm³/mol. The minimum absolute atomic E-state index is 0.205. The number of pyridine rings is 1. The Labute approximate surface area is 99.9 Å². The molecule has 0 amide bonds. The van der Waals surface area contributed by atoms with Crippen LogP contribution in [0.3, 0.4) is 0 Å².